The van der Waals surface area contributed by atoms with Gasteiger partial charge in [0.2, 0.25) is 0 Å². The number of aromatic amines is 1. The van der Waals surface area contributed by atoms with Crippen LogP contribution < -0.4 is 0 Å². The summed E-state index contributed by atoms with van der Waals surface area (Å²) >= 11 is 0. The van der Waals surface area contributed by atoms with E-state index in [1.807, 2.05) is 41.6 Å². The fourth-order valence-corrected chi connectivity index (χ4v) is 2.76. The lowest BCUT2D eigenvalue weighted by Gasteiger charge is -2.01. The minimum atomic E-state index is 0.840. The van der Waals surface area contributed by atoms with Gasteiger partial charge in [0.15, 0.2) is 0 Å². The minimum Gasteiger partial charge on any atom is -0.276 e. The zero-order valence-corrected chi connectivity index (χ0v) is 13.7. The molecule has 6 heteroatoms. The normalized spacial score (nSPS) is 11.2. The van der Waals surface area contributed by atoms with E-state index in [2.05, 4.69) is 45.2 Å². The lowest BCUT2D eigenvalue weighted by Crippen LogP contribution is -1.92. The molecule has 0 saturated heterocycles. The standard InChI is InChI=1S/C18H18N6/c1-3-12-5-6-19-16(7-12)18-14-8-15(20-10-17(14)22-23-18)13-9-21-24(4-2)11-13/h5-11H,3-4H2,1-2H3,(H,22,23). The first-order valence-corrected chi connectivity index (χ1v) is 8.10. The molecule has 0 atom stereocenters. The Hall–Kier alpha value is -3.02. The van der Waals surface area contributed by atoms with Gasteiger partial charge in [-0.15, -0.1) is 0 Å². The maximum Gasteiger partial charge on any atom is 0.118 e. The van der Waals surface area contributed by atoms with Gasteiger partial charge in [-0.05, 0) is 37.1 Å². The number of rotatable bonds is 4. The van der Waals surface area contributed by atoms with Crippen molar-refractivity contribution in [2.45, 2.75) is 26.8 Å². The largest absolute Gasteiger partial charge is 0.276 e. The van der Waals surface area contributed by atoms with Crippen LogP contribution in [0.25, 0.3) is 33.5 Å². The maximum absolute atomic E-state index is 4.52. The summed E-state index contributed by atoms with van der Waals surface area (Å²) in [6.45, 7) is 5.04. The van der Waals surface area contributed by atoms with Crippen molar-refractivity contribution in [1.82, 2.24) is 29.9 Å². The number of aryl methyl sites for hydroxylation is 2. The van der Waals surface area contributed by atoms with Gasteiger partial charge < -0.3 is 0 Å². The third-order valence-electron chi connectivity index (χ3n) is 4.18. The van der Waals surface area contributed by atoms with E-state index in [9.17, 15) is 0 Å². The second kappa shape index (κ2) is 5.88. The summed E-state index contributed by atoms with van der Waals surface area (Å²) in [5.41, 5.74) is 5.77. The lowest BCUT2D eigenvalue weighted by atomic mass is 10.1. The van der Waals surface area contributed by atoms with Crippen molar-refractivity contribution in [3.63, 3.8) is 0 Å². The molecule has 0 aliphatic carbocycles. The summed E-state index contributed by atoms with van der Waals surface area (Å²) in [6, 6.07) is 6.17. The van der Waals surface area contributed by atoms with Crippen molar-refractivity contribution in [1.29, 1.82) is 0 Å². The maximum atomic E-state index is 4.52. The van der Waals surface area contributed by atoms with Crippen LogP contribution in [0.5, 0.6) is 0 Å². The van der Waals surface area contributed by atoms with E-state index in [0.29, 0.717) is 0 Å². The highest BCUT2D eigenvalue weighted by molar-refractivity contribution is 5.93. The molecule has 24 heavy (non-hydrogen) atoms. The number of hydrogen-bond acceptors (Lipinski definition) is 4. The predicted molar refractivity (Wildman–Crippen MR) is 93.4 cm³/mol. The average molecular weight is 318 g/mol. The molecule has 0 aromatic carbocycles. The molecule has 1 N–H and O–H groups in total. The number of aromatic nitrogens is 6. The van der Waals surface area contributed by atoms with Gasteiger partial charge in [0, 0.05) is 29.9 Å². The summed E-state index contributed by atoms with van der Waals surface area (Å²) in [7, 11) is 0. The zero-order chi connectivity index (χ0) is 16.5. The zero-order valence-electron chi connectivity index (χ0n) is 13.7. The molecule has 0 aliphatic rings. The number of pyridine rings is 2. The van der Waals surface area contributed by atoms with Crippen molar-refractivity contribution in [2.75, 3.05) is 0 Å². The highest BCUT2D eigenvalue weighted by Crippen LogP contribution is 2.28. The predicted octanol–water partition coefficient (Wildman–Crippen LogP) is 3.47. The molecule has 4 rings (SSSR count). The van der Waals surface area contributed by atoms with Gasteiger partial charge in [-0.1, -0.05) is 6.92 Å². The van der Waals surface area contributed by atoms with Crippen LogP contribution in [0, 0.1) is 0 Å². The highest BCUT2D eigenvalue weighted by atomic mass is 15.3. The molecule has 0 radical (unpaired) electrons. The van der Waals surface area contributed by atoms with Crippen LogP contribution in [0.2, 0.25) is 0 Å². The van der Waals surface area contributed by atoms with Crippen molar-refractivity contribution >= 4 is 10.9 Å². The van der Waals surface area contributed by atoms with Gasteiger partial charge in [0.1, 0.15) is 5.69 Å². The average Bonchev–Trinajstić information content (AvgIpc) is 3.28. The van der Waals surface area contributed by atoms with E-state index in [4.69, 9.17) is 0 Å². The van der Waals surface area contributed by atoms with Crippen LogP contribution in [-0.4, -0.2) is 29.9 Å². The molecule has 0 aliphatic heterocycles. The summed E-state index contributed by atoms with van der Waals surface area (Å²) in [4.78, 5) is 9.00. The van der Waals surface area contributed by atoms with Crippen LogP contribution in [-0.2, 0) is 13.0 Å². The number of fused-ring (bicyclic) bond motifs is 1. The smallest absolute Gasteiger partial charge is 0.118 e. The number of hydrogen-bond donors (Lipinski definition) is 1. The Balaban J connectivity index is 1.83. The van der Waals surface area contributed by atoms with Crippen molar-refractivity contribution in [3.8, 4) is 22.6 Å². The molecule has 4 heterocycles. The van der Waals surface area contributed by atoms with Crippen molar-refractivity contribution in [3.05, 3.63) is 48.5 Å². The SMILES string of the molecule is CCc1ccnc(-c2n[nH]c3cnc(-c4cnn(CC)c4)cc23)c1. The molecule has 0 fully saturated rings. The van der Waals surface area contributed by atoms with Crippen LogP contribution in [0.4, 0.5) is 0 Å². The summed E-state index contributed by atoms with van der Waals surface area (Å²) < 4.78 is 1.89. The van der Waals surface area contributed by atoms with E-state index >= 15 is 0 Å². The third-order valence-corrected chi connectivity index (χ3v) is 4.18. The molecule has 0 bridgehead atoms. The summed E-state index contributed by atoms with van der Waals surface area (Å²) in [6.07, 6.45) is 8.47. The van der Waals surface area contributed by atoms with Crippen molar-refractivity contribution in [2.24, 2.45) is 0 Å². The lowest BCUT2D eigenvalue weighted by molar-refractivity contribution is 0.660. The highest BCUT2D eigenvalue weighted by Gasteiger charge is 2.12. The van der Waals surface area contributed by atoms with E-state index < -0.39 is 0 Å². The Kier molecular flexibility index (Phi) is 3.57. The van der Waals surface area contributed by atoms with E-state index in [1.165, 1.54) is 5.56 Å². The number of H-pyrrole nitrogens is 1. The van der Waals surface area contributed by atoms with E-state index in [-0.39, 0.29) is 0 Å². The topological polar surface area (TPSA) is 72.3 Å². The molecule has 4 aromatic rings. The fourth-order valence-electron chi connectivity index (χ4n) is 2.76. The van der Waals surface area contributed by atoms with Gasteiger partial charge in [-0.2, -0.15) is 10.2 Å². The quantitative estimate of drug-likeness (QED) is 0.625. The Morgan fingerprint density at radius 2 is 2.00 bits per heavy atom. The molecular formula is C18H18N6. The molecule has 120 valence electrons. The Morgan fingerprint density at radius 3 is 2.79 bits per heavy atom. The Morgan fingerprint density at radius 1 is 1.08 bits per heavy atom. The van der Waals surface area contributed by atoms with Crippen LogP contribution in [0.15, 0.2) is 43.0 Å². The van der Waals surface area contributed by atoms with E-state index in [1.54, 1.807) is 0 Å². The number of nitrogens with one attached hydrogen (secondary N) is 1. The molecule has 0 spiro atoms. The summed E-state index contributed by atoms with van der Waals surface area (Å²) in [5, 5.41) is 12.8. The number of nitrogens with zero attached hydrogens (tertiary/aromatic N) is 5. The molecule has 0 saturated carbocycles. The molecule has 4 aromatic heterocycles. The third kappa shape index (κ3) is 2.46. The summed E-state index contributed by atoms with van der Waals surface area (Å²) in [5.74, 6) is 0. The van der Waals surface area contributed by atoms with Crippen LogP contribution in [0.1, 0.15) is 19.4 Å². The first-order valence-electron chi connectivity index (χ1n) is 8.10. The Bertz CT molecular complexity index is 998. The monoisotopic (exact) mass is 318 g/mol. The van der Waals surface area contributed by atoms with E-state index in [0.717, 1.165) is 46.5 Å². The minimum absolute atomic E-state index is 0.840. The molecular weight excluding hydrogens is 300 g/mol. The Labute approximate surface area is 139 Å². The molecule has 6 nitrogen and oxygen atoms in total. The van der Waals surface area contributed by atoms with Crippen LogP contribution in [0.3, 0.4) is 0 Å². The molecule has 0 amide bonds. The molecule has 0 unspecified atom stereocenters. The first kappa shape index (κ1) is 14.6. The van der Waals surface area contributed by atoms with Crippen molar-refractivity contribution < 1.29 is 0 Å². The van der Waals surface area contributed by atoms with Crippen LogP contribution >= 0.6 is 0 Å². The second-order valence-electron chi connectivity index (χ2n) is 5.67. The van der Waals surface area contributed by atoms with Gasteiger partial charge in [0.05, 0.1) is 29.3 Å². The van der Waals surface area contributed by atoms with Gasteiger partial charge >= 0.3 is 0 Å². The van der Waals surface area contributed by atoms with Gasteiger partial charge in [0.25, 0.3) is 0 Å². The van der Waals surface area contributed by atoms with Gasteiger partial charge in [-0.3, -0.25) is 19.7 Å². The fraction of sp³-hybridized carbons (Fsp3) is 0.222. The second-order valence-corrected chi connectivity index (χ2v) is 5.67. The first-order chi connectivity index (χ1) is 11.8. The van der Waals surface area contributed by atoms with Gasteiger partial charge in [-0.25, -0.2) is 0 Å².